The van der Waals surface area contributed by atoms with E-state index in [1.165, 1.54) is 27.3 Å². The predicted molar refractivity (Wildman–Crippen MR) is 157 cm³/mol. The summed E-state index contributed by atoms with van der Waals surface area (Å²) in [5.41, 5.74) is 5.27. The van der Waals surface area contributed by atoms with Crippen molar-refractivity contribution in [1.82, 2.24) is 15.0 Å². The summed E-state index contributed by atoms with van der Waals surface area (Å²) in [4.78, 5) is 14.9. The van der Waals surface area contributed by atoms with Crippen molar-refractivity contribution in [2.24, 2.45) is 0 Å². The summed E-state index contributed by atoms with van der Waals surface area (Å²) in [6.07, 6.45) is 0. The summed E-state index contributed by atoms with van der Waals surface area (Å²) in [5, 5.41) is 4.70. The third-order valence-electron chi connectivity index (χ3n) is 6.90. The van der Waals surface area contributed by atoms with E-state index in [1.807, 2.05) is 36.4 Å². The number of rotatable bonds is 4. The van der Waals surface area contributed by atoms with Crippen LogP contribution in [0.4, 0.5) is 0 Å². The van der Waals surface area contributed by atoms with Crippen LogP contribution in [0.1, 0.15) is 0 Å². The Hall–Kier alpha value is -5.15. The molecular formula is C35H23N3. The second-order valence-corrected chi connectivity index (χ2v) is 9.34. The van der Waals surface area contributed by atoms with Crippen molar-refractivity contribution in [3.05, 3.63) is 140 Å². The maximum absolute atomic E-state index is 4.99. The molecule has 1 aromatic heterocycles. The minimum Gasteiger partial charge on any atom is -0.208 e. The van der Waals surface area contributed by atoms with Crippen LogP contribution in [0.25, 0.3) is 66.8 Å². The Balaban J connectivity index is 1.43. The lowest BCUT2D eigenvalue weighted by atomic mass is 9.96. The molecule has 6 aromatic carbocycles. The highest BCUT2D eigenvalue weighted by atomic mass is 15.0. The Morgan fingerprint density at radius 1 is 0.316 bits per heavy atom. The molecule has 178 valence electrons. The molecule has 0 aliphatic rings. The molecule has 0 saturated heterocycles. The van der Waals surface area contributed by atoms with Gasteiger partial charge in [-0.15, -0.1) is 0 Å². The summed E-state index contributed by atoms with van der Waals surface area (Å²) in [6, 6.07) is 48.2. The first-order valence-corrected chi connectivity index (χ1v) is 12.7. The average molecular weight is 486 g/mol. The van der Waals surface area contributed by atoms with Crippen LogP contribution >= 0.6 is 0 Å². The molecule has 0 atom stereocenters. The molecule has 0 unspecified atom stereocenters. The van der Waals surface area contributed by atoms with Crippen LogP contribution in [-0.2, 0) is 0 Å². The van der Waals surface area contributed by atoms with E-state index in [0.29, 0.717) is 17.5 Å². The fourth-order valence-corrected chi connectivity index (χ4v) is 4.96. The highest BCUT2D eigenvalue weighted by Gasteiger charge is 2.14. The summed E-state index contributed by atoms with van der Waals surface area (Å²) < 4.78 is 0. The minimum absolute atomic E-state index is 0.659. The van der Waals surface area contributed by atoms with Crippen LogP contribution in [0.15, 0.2) is 140 Å². The first kappa shape index (κ1) is 22.1. The lowest BCUT2D eigenvalue weighted by molar-refractivity contribution is 1.08. The third kappa shape index (κ3) is 4.10. The van der Waals surface area contributed by atoms with E-state index in [4.69, 9.17) is 15.0 Å². The maximum Gasteiger partial charge on any atom is 0.164 e. The molecule has 0 fully saturated rings. The van der Waals surface area contributed by atoms with Gasteiger partial charge in [0, 0.05) is 16.7 Å². The van der Waals surface area contributed by atoms with E-state index in [0.717, 1.165) is 22.1 Å². The van der Waals surface area contributed by atoms with E-state index >= 15 is 0 Å². The normalized spacial score (nSPS) is 11.2. The molecule has 7 rings (SSSR count). The SMILES string of the molecule is c1ccc(-c2nc(-c3ccc4ccccc4c3)nc(-c3ccc4cccc(-c5ccccc5)c4c3)n2)cc1. The first-order valence-electron chi connectivity index (χ1n) is 12.7. The smallest absolute Gasteiger partial charge is 0.164 e. The highest BCUT2D eigenvalue weighted by Crippen LogP contribution is 2.33. The molecule has 3 heteroatoms. The highest BCUT2D eigenvalue weighted by molar-refractivity contribution is 5.98. The molecule has 38 heavy (non-hydrogen) atoms. The van der Waals surface area contributed by atoms with Gasteiger partial charge in [0.2, 0.25) is 0 Å². The fraction of sp³-hybridized carbons (Fsp3) is 0. The molecule has 0 N–H and O–H groups in total. The quantitative estimate of drug-likeness (QED) is 0.250. The Morgan fingerprint density at radius 2 is 0.842 bits per heavy atom. The molecule has 3 nitrogen and oxygen atoms in total. The van der Waals surface area contributed by atoms with Crippen LogP contribution in [0, 0.1) is 0 Å². The van der Waals surface area contributed by atoms with Crippen LogP contribution < -0.4 is 0 Å². The molecular weight excluding hydrogens is 462 g/mol. The fourth-order valence-electron chi connectivity index (χ4n) is 4.96. The third-order valence-corrected chi connectivity index (χ3v) is 6.90. The van der Waals surface area contributed by atoms with Crippen LogP contribution in [0.5, 0.6) is 0 Å². The number of benzene rings is 6. The number of nitrogens with zero attached hydrogens (tertiary/aromatic N) is 3. The Morgan fingerprint density at radius 3 is 1.55 bits per heavy atom. The zero-order chi connectivity index (χ0) is 25.3. The Kier molecular flexibility index (Phi) is 5.45. The van der Waals surface area contributed by atoms with Gasteiger partial charge in [-0.1, -0.05) is 127 Å². The van der Waals surface area contributed by atoms with E-state index < -0.39 is 0 Å². The van der Waals surface area contributed by atoms with Crippen molar-refractivity contribution >= 4 is 21.5 Å². The standard InChI is InChI=1S/C35H23N3/c1-3-11-25(12-4-1)31-17-9-16-26-19-21-30(23-32(26)31)35-37-33(27-13-5-2-6-14-27)36-34(38-35)29-20-18-24-10-7-8-15-28(24)22-29/h1-23H. The monoisotopic (exact) mass is 485 g/mol. The second kappa shape index (κ2) is 9.38. The lowest BCUT2D eigenvalue weighted by Gasteiger charge is -2.11. The Labute approximate surface area is 221 Å². The van der Waals surface area contributed by atoms with Gasteiger partial charge in [0.1, 0.15) is 0 Å². The number of fused-ring (bicyclic) bond motifs is 2. The van der Waals surface area contributed by atoms with E-state index in [1.54, 1.807) is 0 Å². The van der Waals surface area contributed by atoms with Crippen molar-refractivity contribution in [3.63, 3.8) is 0 Å². The zero-order valence-electron chi connectivity index (χ0n) is 20.6. The lowest BCUT2D eigenvalue weighted by Crippen LogP contribution is -2.00. The van der Waals surface area contributed by atoms with Gasteiger partial charge < -0.3 is 0 Å². The second-order valence-electron chi connectivity index (χ2n) is 9.34. The zero-order valence-corrected chi connectivity index (χ0v) is 20.6. The van der Waals surface area contributed by atoms with Crippen molar-refractivity contribution in [3.8, 4) is 45.3 Å². The van der Waals surface area contributed by atoms with Gasteiger partial charge in [0.25, 0.3) is 0 Å². The molecule has 0 saturated carbocycles. The molecule has 0 amide bonds. The number of hydrogen-bond acceptors (Lipinski definition) is 3. The molecule has 0 aliphatic carbocycles. The summed E-state index contributed by atoms with van der Waals surface area (Å²) in [5.74, 6) is 1.98. The van der Waals surface area contributed by atoms with Crippen molar-refractivity contribution in [1.29, 1.82) is 0 Å². The van der Waals surface area contributed by atoms with Gasteiger partial charge in [-0.2, -0.15) is 0 Å². The summed E-state index contributed by atoms with van der Waals surface area (Å²) >= 11 is 0. The largest absolute Gasteiger partial charge is 0.208 e. The summed E-state index contributed by atoms with van der Waals surface area (Å²) in [7, 11) is 0. The molecule has 0 spiro atoms. The van der Waals surface area contributed by atoms with Gasteiger partial charge in [-0.25, -0.2) is 15.0 Å². The Bertz CT molecular complexity index is 1910. The molecule has 7 aromatic rings. The van der Waals surface area contributed by atoms with Crippen LogP contribution in [0.2, 0.25) is 0 Å². The van der Waals surface area contributed by atoms with E-state index in [9.17, 15) is 0 Å². The predicted octanol–water partition coefficient (Wildman–Crippen LogP) is 8.85. The molecule has 0 radical (unpaired) electrons. The van der Waals surface area contributed by atoms with Gasteiger partial charge in [0.15, 0.2) is 17.5 Å². The number of aromatic nitrogens is 3. The maximum atomic E-state index is 4.99. The van der Waals surface area contributed by atoms with Gasteiger partial charge in [0.05, 0.1) is 0 Å². The van der Waals surface area contributed by atoms with Crippen molar-refractivity contribution in [2.45, 2.75) is 0 Å². The van der Waals surface area contributed by atoms with Gasteiger partial charge in [-0.3, -0.25) is 0 Å². The number of hydrogen-bond donors (Lipinski definition) is 0. The average Bonchev–Trinajstić information content (AvgIpc) is 3.01. The summed E-state index contributed by atoms with van der Waals surface area (Å²) in [6.45, 7) is 0. The first-order chi connectivity index (χ1) is 18.8. The van der Waals surface area contributed by atoms with Crippen LogP contribution in [0.3, 0.4) is 0 Å². The minimum atomic E-state index is 0.659. The topological polar surface area (TPSA) is 38.7 Å². The molecule has 1 heterocycles. The van der Waals surface area contributed by atoms with E-state index in [2.05, 4.69) is 103 Å². The van der Waals surface area contributed by atoms with Crippen LogP contribution in [-0.4, -0.2) is 15.0 Å². The van der Waals surface area contributed by atoms with Gasteiger partial charge in [-0.05, 0) is 44.8 Å². The molecule has 0 bridgehead atoms. The van der Waals surface area contributed by atoms with Gasteiger partial charge >= 0.3 is 0 Å². The van der Waals surface area contributed by atoms with Crippen molar-refractivity contribution in [2.75, 3.05) is 0 Å². The van der Waals surface area contributed by atoms with E-state index in [-0.39, 0.29) is 0 Å². The van der Waals surface area contributed by atoms with Crippen molar-refractivity contribution < 1.29 is 0 Å². The molecule has 0 aliphatic heterocycles.